The summed E-state index contributed by atoms with van der Waals surface area (Å²) in [7, 11) is 0. The lowest BCUT2D eigenvalue weighted by atomic mass is 9.69. The van der Waals surface area contributed by atoms with Gasteiger partial charge < -0.3 is 37.9 Å². The third-order valence-electron chi connectivity index (χ3n) is 7.48. The summed E-state index contributed by atoms with van der Waals surface area (Å²) >= 11 is 0. The standard InChI is InChI=1S/C33H54O10/c1-6-41-30(34)33(27(2)3,13-12-32(4,5)24-28-10-8-7-9-11-28)31(35)43-26-29-25-40-21-20-38-17-16-36-14-15-37-18-19-39-22-23-42-29/h7-11,27,29H,6,12-26H2,1-5H3. The smallest absolute Gasteiger partial charge is 0.323 e. The minimum atomic E-state index is -1.45. The molecule has 2 rings (SSSR count). The van der Waals surface area contributed by atoms with Crippen molar-refractivity contribution >= 4 is 11.9 Å². The van der Waals surface area contributed by atoms with E-state index in [4.69, 9.17) is 37.9 Å². The molecule has 0 radical (unpaired) electrons. The lowest BCUT2D eigenvalue weighted by Gasteiger charge is -2.36. The second-order valence-corrected chi connectivity index (χ2v) is 11.8. The third-order valence-corrected chi connectivity index (χ3v) is 7.48. The number of carbonyl (C=O) groups is 2. The van der Waals surface area contributed by atoms with Gasteiger partial charge in [0, 0.05) is 0 Å². The number of carbonyl (C=O) groups excluding carboxylic acids is 2. The van der Waals surface area contributed by atoms with E-state index in [0.29, 0.717) is 72.3 Å². The quantitative estimate of drug-likeness (QED) is 0.266. The van der Waals surface area contributed by atoms with Crippen molar-refractivity contribution in [3.63, 3.8) is 0 Å². The van der Waals surface area contributed by atoms with Crippen LogP contribution in [0, 0.1) is 16.7 Å². The number of benzene rings is 1. The summed E-state index contributed by atoms with van der Waals surface area (Å²) in [6.07, 6.45) is 1.20. The highest BCUT2D eigenvalue weighted by molar-refractivity contribution is 6.00. The van der Waals surface area contributed by atoms with E-state index in [0.717, 1.165) is 6.42 Å². The highest BCUT2D eigenvalue weighted by Gasteiger charge is 2.52. The Kier molecular flexibility index (Phi) is 17.9. The highest BCUT2D eigenvalue weighted by atomic mass is 16.6. The second kappa shape index (κ2) is 20.8. The molecule has 0 spiro atoms. The van der Waals surface area contributed by atoms with Crippen molar-refractivity contribution in [2.45, 2.75) is 60.0 Å². The third kappa shape index (κ3) is 14.0. The summed E-state index contributed by atoms with van der Waals surface area (Å²) in [6, 6.07) is 10.2. The molecular formula is C33H54O10. The van der Waals surface area contributed by atoms with Gasteiger partial charge in [0.2, 0.25) is 0 Å². The van der Waals surface area contributed by atoms with Gasteiger partial charge in [-0.1, -0.05) is 58.0 Å². The van der Waals surface area contributed by atoms with Crippen LogP contribution in [0.25, 0.3) is 0 Å². The Morgan fingerprint density at radius 3 is 1.81 bits per heavy atom. The van der Waals surface area contributed by atoms with Gasteiger partial charge in [-0.05, 0) is 43.1 Å². The van der Waals surface area contributed by atoms with Gasteiger partial charge in [0.1, 0.15) is 12.7 Å². The van der Waals surface area contributed by atoms with Crippen molar-refractivity contribution in [3.05, 3.63) is 35.9 Å². The Balaban J connectivity index is 2.07. The zero-order chi connectivity index (χ0) is 31.4. The van der Waals surface area contributed by atoms with Crippen molar-refractivity contribution < 1.29 is 47.5 Å². The molecule has 0 N–H and O–H groups in total. The summed E-state index contributed by atoms with van der Waals surface area (Å²) in [4.78, 5) is 27.3. The average molecular weight is 611 g/mol. The minimum Gasteiger partial charge on any atom is -0.465 e. The summed E-state index contributed by atoms with van der Waals surface area (Å²) < 4.78 is 45.1. The van der Waals surface area contributed by atoms with Crippen LogP contribution in [0.1, 0.15) is 53.0 Å². The number of esters is 2. The molecule has 246 valence electrons. The highest BCUT2D eigenvalue weighted by Crippen LogP contribution is 2.41. The van der Waals surface area contributed by atoms with Crippen LogP contribution in [0.2, 0.25) is 0 Å². The average Bonchev–Trinajstić information content (AvgIpc) is 2.97. The Labute approximate surface area is 258 Å². The van der Waals surface area contributed by atoms with Crippen molar-refractivity contribution in [2.75, 3.05) is 85.9 Å². The first-order chi connectivity index (χ1) is 20.7. The molecule has 43 heavy (non-hydrogen) atoms. The molecule has 0 bridgehead atoms. The van der Waals surface area contributed by atoms with Crippen molar-refractivity contribution in [1.82, 2.24) is 0 Å². The first-order valence-corrected chi connectivity index (χ1v) is 15.6. The van der Waals surface area contributed by atoms with Crippen molar-refractivity contribution in [1.29, 1.82) is 0 Å². The number of rotatable bonds is 11. The molecule has 0 amide bonds. The summed E-state index contributed by atoms with van der Waals surface area (Å²) in [5.74, 6) is -1.49. The van der Waals surface area contributed by atoms with Gasteiger partial charge in [0.15, 0.2) is 5.41 Å². The Hall–Kier alpha value is -2.08. The molecule has 2 atom stereocenters. The fraction of sp³-hybridized carbons (Fsp3) is 0.758. The molecule has 1 aromatic rings. The molecular weight excluding hydrogens is 556 g/mol. The van der Waals surface area contributed by atoms with E-state index in [9.17, 15) is 9.59 Å². The van der Waals surface area contributed by atoms with E-state index in [-0.39, 0.29) is 37.8 Å². The summed E-state index contributed by atoms with van der Waals surface area (Å²) in [5.41, 5.74) is -0.398. The van der Waals surface area contributed by atoms with Crippen LogP contribution in [0.4, 0.5) is 0 Å². The molecule has 1 aromatic carbocycles. The zero-order valence-electron chi connectivity index (χ0n) is 26.9. The van der Waals surface area contributed by atoms with Gasteiger partial charge in [-0.2, -0.15) is 0 Å². The van der Waals surface area contributed by atoms with Crippen LogP contribution < -0.4 is 0 Å². The lowest BCUT2D eigenvalue weighted by molar-refractivity contribution is -0.181. The van der Waals surface area contributed by atoms with E-state index in [1.807, 2.05) is 32.0 Å². The lowest BCUT2D eigenvalue weighted by Crippen LogP contribution is -2.48. The largest absolute Gasteiger partial charge is 0.465 e. The molecule has 2 unspecified atom stereocenters. The second-order valence-electron chi connectivity index (χ2n) is 11.8. The van der Waals surface area contributed by atoms with Crippen molar-refractivity contribution in [2.24, 2.45) is 16.7 Å². The fourth-order valence-corrected chi connectivity index (χ4v) is 4.89. The Bertz CT molecular complexity index is 873. The van der Waals surface area contributed by atoms with Gasteiger partial charge in [-0.25, -0.2) is 0 Å². The van der Waals surface area contributed by atoms with Crippen molar-refractivity contribution in [3.8, 4) is 0 Å². The van der Waals surface area contributed by atoms with E-state index in [1.165, 1.54) is 5.56 Å². The van der Waals surface area contributed by atoms with Gasteiger partial charge >= 0.3 is 11.9 Å². The topological polar surface area (TPSA) is 108 Å². The van der Waals surface area contributed by atoms with Gasteiger partial charge in [0.05, 0.1) is 79.3 Å². The predicted molar refractivity (Wildman–Crippen MR) is 162 cm³/mol. The van der Waals surface area contributed by atoms with Gasteiger partial charge in [0.25, 0.3) is 0 Å². The zero-order valence-corrected chi connectivity index (χ0v) is 26.9. The van der Waals surface area contributed by atoms with Gasteiger partial charge in [-0.3, -0.25) is 9.59 Å². The van der Waals surface area contributed by atoms with Crippen LogP contribution in [-0.4, -0.2) is 104 Å². The molecule has 0 aromatic heterocycles. The van der Waals surface area contributed by atoms with Crippen LogP contribution in [0.5, 0.6) is 0 Å². The van der Waals surface area contributed by atoms with E-state index < -0.39 is 23.5 Å². The molecule has 0 saturated carbocycles. The molecule has 10 nitrogen and oxygen atoms in total. The minimum absolute atomic E-state index is 0.0715. The molecule has 1 heterocycles. The summed E-state index contributed by atoms with van der Waals surface area (Å²) in [6.45, 7) is 14.3. The fourth-order valence-electron chi connectivity index (χ4n) is 4.89. The molecule has 1 saturated heterocycles. The monoisotopic (exact) mass is 610 g/mol. The maximum atomic E-state index is 13.8. The molecule has 1 fully saturated rings. The number of hydrogen-bond acceptors (Lipinski definition) is 10. The first-order valence-electron chi connectivity index (χ1n) is 15.6. The Morgan fingerprint density at radius 1 is 0.767 bits per heavy atom. The van der Waals surface area contributed by atoms with Crippen LogP contribution in [0.15, 0.2) is 30.3 Å². The van der Waals surface area contributed by atoms with Gasteiger partial charge in [-0.15, -0.1) is 0 Å². The van der Waals surface area contributed by atoms with E-state index in [2.05, 4.69) is 26.0 Å². The Morgan fingerprint density at radius 2 is 1.28 bits per heavy atom. The summed E-state index contributed by atoms with van der Waals surface area (Å²) in [5, 5.41) is 0. The molecule has 0 aliphatic carbocycles. The van der Waals surface area contributed by atoms with Crippen LogP contribution >= 0.6 is 0 Å². The number of ether oxygens (including phenoxy) is 8. The van der Waals surface area contributed by atoms with Crippen LogP contribution in [-0.2, 0) is 53.9 Å². The number of hydrogen-bond donors (Lipinski definition) is 0. The first kappa shape index (κ1) is 37.1. The molecule has 1 aliphatic heterocycles. The maximum Gasteiger partial charge on any atom is 0.323 e. The SMILES string of the molecule is CCOC(=O)C(CCC(C)(C)Cc1ccccc1)(C(=O)OCC1COCCOCCOCCOCCOCCO1)C(C)C. The molecule has 1 aliphatic rings. The molecule has 10 heteroatoms. The van der Waals surface area contributed by atoms with E-state index >= 15 is 0 Å². The van der Waals surface area contributed by atoms with Crippen LogP contribution in [0.3, 0.4) is 0 Å². The van der Waals surface area contributed by atoms with E-state index in [1.54, 1.807) is 6.92 Å². The predicted octanol–water partition coefficient (Wildman–Crippen LogP) is 4.27. The maximum absolute atomic E-state index is 13.8. The normalized spacial score (nSPS) is 20.4.